The summed E-state index contributed by atoms with van der Waals surface area (Å²) in [6.45, 7) is 12.7. The average Bonchev–Trinajstić information content (AvgIpc) is 3.37. The van der Waals surface area contributed by atoms with Crippen LogP contribution in [0.3, 0.4) is 0 Å². The standard InChI is InChI=1S/C24H21FN4O3S/c1-5-32-23(30)21-12-16(14-6-8-18(26-4)17(25)10-14)22(33-21)15-7-9-20-19(11-15)27-28-29(20)13-24(2,3)31/h6-12,31H,5,13H2,1-3H3. The number of fused-ring (bicyclic) bond motifs is 1. The van der Waals surface area contributed by atoms with E-state index in [1.807, 2.05) is 18.2 Å². The number of rotatable bonds is 6. The Morgan fingerprint density at radius 1 is 1.24 bits per heavy atom. The van der Waals surface area contributed by atoms with E-state index in [2.05, 4.69) is 15.2 Å². The van der Waals surface area contributed by atoms with E-state index in [0.29, 0.717) is 21.5 Å². The van der Waals surface area contributed by atoms with E-state index in [-0.39, 0.29) is 18.8 Å². The highest BCUT2D eigenvalue weighted by Gasteiger charge is 2.21. The van der Waals surface area contributed by atoms with Gasteiger partial charge in [0.25, 0.3) is 0 Å². The van der Waals surface area contributed by atoms with Crippen molar-refractivity contribution in [3.8, 4) is 21.6 Å². The number of ether oxygens (including phenoxy) is 1. The molecule has 168 valence electrons. The Morgan fingerprint density at radius 2 is 2.00 bits per heavy atom. The lowest BCUT2D eigenvalue weighted by Gasteiger charge is -2.16. The summed E-state index contributed by atoms with van der Waals surface area (Å²) in [6, 6.07) is 11.6. The Hall–Kier alpha value is -3.61. The van der Waals surface area contributed by atoms with Gasteiger partial charge in [0.2, 0.25) is 5.69 Å². The van der Waals surface area contributed by atoms with E-state index in [0.717, 1.165) is 16.0 Å². The SMILES string of the molecule is [C-]#[N+]c1ccc(-c2cc(C(=O)OCC)sc2-c2ccc3c(c2)nnn3CC(C)(C)O)cc1F. The molecule has 0 radical (unpaired) electrons. The number of thiophene rings is 1. The van der Waals surface area contributed by atoms with Crippen molar-refractivity contribution in [2.75, 3.05) is 6.61 Å². The summed E-state index contributed by atoms with van der Waals surface area (Å²) in [7, 11) is 0. The molecule has 9 heteroatoms. The van der Waals surface area contributed by atoms with Crippen molar-refractivity contribution in [3.63, 3.8) is 0 Å². The van der Waals surface area contributed by atoms with E-state index in [4.69, 9.17) is 11.3 Å². The van der Waals surface area contributed by atoms with Gasteiger partial charge in [0, 0.05) is 10.4 Å². The van der Waals surface area contributed by atoms with Crippen LogP contribution in [-0.4, -0.2) is 38.3 Å². The zero-order chi connectivity index (χ0) is 23.8. The maximum Gasteiger partial charge on any atom is 0.348 e. The van der Waals surface area contributed by atoms with Crippen LogP contribution in [0.5, 0.6) is 0 Å². The summed E-state index contributed by atoms with van der Waals surface area (Å²) in [5.74, 6) is -1.08. The van der Waals surface area contributed by atoms with E-state index < -0.39 is 17.4 Å². The molecule has 33 heavy (non-hydrogen) atoms. The molecule has 0 atom stereocenters. The predicted molar refractivity (Wildman–Crippen MR) is 125 cm³/mol. The third-order valence-corrected chi connectivity index (χ3v) is 6.06. The molecule has 0 aliphatic carbocycles. The number of carbonyl (C=O) groups excluding carboxylic acids is 1. The van der Waals surface area contributed by atoms with Crippen molar-refractivity contribution in [1.29, 1.82) is 0 Å². The average molecular weight is 465 g/mol. The normalized spacial score (nSPS) is 11.5. The van der Waals surface area contributed by atoms with Gasteiger partial charge in [-0.1, -0.05) is 23.4 Å². The van der Waals surface area contributed by atoms with Gasteiger partial charge >= 0.3 is 5.97 Å². The van der Waals surface area contributed by atoms with E-state index in [1.54, 1.807) is 37.6 Å². The molecule has 1 N–H and O–H groups in total. The van der Waals surface area contributed by atoms with Crippen LogP contribution in [0.15, 0.2) is 42.5 Å². The van der Waals surface area contributed by atoms with Crippen molar-refractivity contribution in [1.82, 2.24) is 15.0 Å². The van der Waals surface area contributed by atoms with Crippen molar-refractivity contribution in [3.05, 3.63) is 64.6 Å². The van der Waals surface area contributed by atoms with Crippen LogP contribution in [0, 0.1) is 12.4 Å². The topological polar surface area (TPSA) is 81.6 Å². The fourth-order valence-electron chi connectivity index (χ4n) is 3.48. The molecule has 2 aromatic carbocycles. The Labute approximate surface area is 193 Å². The van der Waals surface area contributed by atoms with E-state index in [1.165, 1.54) is 23.5 Å². The number of aromatic nitrogens is 3. The van der Waals surface area contributed by atoms with E-state index in [9.17, 15) is 14.3 Å². The molecule has 0 saturated carbocycles. The van der Waals surface area contributed by atoms with Crippen LogP contribution in [0.1, 0.15) is 30.4 Å². The number of esters is 1. The number of halogens is 1. The second kappa shape index (κ2) is 8.73. The fraction of sp³-hybridized carbons (Fsp3) is 0.250. The molecule has 4 aromatic rings. The van der Waals surface area contributed by atoms with Gasteiger partial charge in [-0.2, -0.15) is 0 Å². The monoisotopic (exact) mass is 464 g/mol. The lowest BCUT2D eigenvalue weighted by molar-refractivity contribution is 0.0531. The summed E-state index contributed by atoms with van der Waals surface area (Å²) >= 11 is 1.24. The fourth-order valence-corrected chi connectivity index (χ4v) is 4.56. The summed E-state index contributed by atoms with van der Waals surface area (Å²) in [5.41, 5.74) is 2.36. The predicted octanol–water partition coefficient (Wildman–Crippen LogP) is 5.46. The molecule has 0 aliphatic heterocycles. The third-order valence-electron chi connectivity index (χ3n) is 4.90. The molecular weight excluding hydrogens is 443 g/mol. The second-order valence-corrected chi connectivity index (χ2v) is 9.17. The maximum atomic E-state index is 14.4. The smallest absolute Gasteiger partial charge is 0.348 e. The minimum absolute atomic E-state index is 0.0639. The zero-order valence-corrected chi connectivity index (χ0v) is 19.1. The van der Waals surface area contributed by atoms with Gasteiger partial charge in [0.1, 0.15) is 16.2 Å². The number of nitrogens with zero attached hydrogens (tertiary/aromatic N) is 4. The molecule has 2 aromatic heterocycles. The molecule has 0 aliphatic rings. The first-order chi connectivity index (χ1) is 15.7. The van der Waals surface area contributed by atoms with Gasteiger partial charge < -0.3 is 9.84 Å². The van der Waals surface area contributed by atoms with Crippen molar-refractivity contribution in [2.45, 2.75) is 32.9 Å². The first-order valence-corrected chi connectivity index (χ1v) is 11.1. The second-order valence-electron chi connectivity index (χ2n) is 8.11. The number of aliphatic hydroxyl groups is 1. The van der Waals surface area contributed by atoms with Crippen molar-refractivity contribution in [2.24, 2.45) is 0 Å². The van der Waals surface area contributed by atoms with E-state index >= 15 is 0 Å². The molecule has 0 spiro atoms. The third kappa shape index (κ3) is 4.62. The summed E-state index contributed by atoms with van der Waals surface area (Å²) < 4.78 is 21.2. The molecule has 0 amide bonds. The Balaban J connectivity index is 1.84. The Kier molecular flexibility index (Phi) is 5.97. The molecule has 2 heterocycles. The molecule has 0 fully saturated rings. The van der Waals surface area contributed by atoms with Crippen LogP contribution in [0.4, 0.5) is 10.1 Å². The number of carbonyl (C=O) groups is 1. The van der Waals surface area contributed by atoms with Gasteiger partial charge in [-0.15, -0.1) is 16.4 Å². The molecule has 4 rings (SSSR count). The highest BCUT2D eigenvalue weighted by atomic mass is 32.1. The van der Waals surface area contributed by atoms with Gasteiger partial charge in [0.15, 0.2) is 0 Å². The van der Waals surface area contributed by atoms with Gasteiger partial charge in [-0.25, -0.2) is 18.7 Å². The molecule has 7 nitrogen and oxygen atoms in total. The van der Waals surface area contributed by atoms with Gasteiger partial charge in [-0.3, -0.25) is 0 Å². The highest BCUT2D eigenvalue weighted by Crippen LogP contribution is 2.41. The minimum atomic E-state index is -0.948. The highest BCUT2D eigenvalue weighted by molar-refractivity contribution is 7.18. The first-order valence-electron chi connectivity index (χ1n) is 10.2. The van der Waals surface area contributed by atoms with Crippen LogP contribution in [0.25, 0.3) is 37.4 Å². The lowest BCUT2D eigenvalue weighted by atomic mass is 10.0. The molecular formula is C24H21FN4O3S. The van der Waals surface area contributed by atoms with Crippen LogP contribution in [0.2, 0.25) is 0 Å². The summed E-state index contributed by atoms with van der Waals surface area (Å²) in [4.78, 5) is 16.7. The number of hydrogen-bond donors (Lipinski definition) is 1. The Morgan fingerprint density at radius 3 is 2.67 bits per heavy atom. The van der Waals surface area contributed by atoms with Gasteiger partial charge in [-0.05, 0) is 56.2 Å². The maximum absolute atomic E-state index is 14.4. The quantitative estimate of drug-likeness (QED) is 0.303. The largest absolute Gasteiger partial charge is 0.462 e. The van der Waals surface area contributed by atoms with Crippen LogP contribution >= 0.6 is 11.3 Å². The van der Waals surface area contributed by atoms with Crippen LogP contribution in [-0.2, 0) is 11.3 Å². The first kappa shape index (κ1) is 22.6. The minimum Gasteiger partial charge on any atom is -0.462 e. The number of hydrogen-bond acceptors (Lipinski definition) is 6. The molecule has 0 unspecified atom stereocenters. The lowest BCUT2D eigenvalue weighted by Crippen LogP contribution is -2.26. The summed E-state index contributed by atoms with van der Waals surface area (Å²) in [5, 5.41) is 18.5. The zero-order valence-electron chi connectivity index (χ0n) is 18.3. The van der Waals surface area contributed by atoms with Gasteiger partial charge in [0.05, 0.1) is 30.8 Å². The molecule has 0 saturated heterocycles. The molecule has 0 bridgehead atoms. The van der Waals surface area contributed by atoms with Crippen LogP contribution < -0.4 is 0 Å². The Bertz CT molecular complexity index is 1400. The van der Waals surface area contributed by atoms with Crippen molar-refractivity contribution < 1.29 is 19.0 Å². The van der Waals surface area contributed by atoms with Crippen molar-refractivity contribution >= 4 is 34.0 Å². The summed E-state index contributed by atoms with van der Waals surface area (Å²) in [6.07, 6.45) is 0. The number of benzene rings is 2.